The minimum absolute atomic E-state index is 0.252. The van der Waals surface area contributed by atoms with Crippen LogP contribution in [0.25, 0.3) is 10.9 Å². The van der Waals surface area contributed by atoms with Gasteiger partial charge in [-0.15, -0.1) is 0 Å². The number of hydrogen-bond donors (Lipinski definition) is 2. The van der Waals surface area contributed by atoms with E-state index in [2.05, 4.69) is 46.7 Å². The van der Waals surface area contributed by atoms with E-state index in [0.29, 0.717) is 12.3 Å². The Morgan fingerprint density at radius 1 is 1.06 bits per heavy atom. The number of unbranched alkanes of at least 4 members (excludes halogenated alkanes) is 1. The van der Waals surface area contributed by atoms with Crippen molar-refractivity contribution >= 4 is 22.7 Å². The van der Waals surface area contributed by atoms with Gasteiger partial charge in [0.25, 0.3) is 0 Å². The average Bonchev–Trinajstić information content (AvgIpc) is 2.85. The zero-order valence-corrected chi connectivity index (χ0v) is 20.6. The van der Waals surface area contributed by atoms with Crippen LogP contribution in [0, 0.1) is 0 Å². The first-order valence-electron chi connectivity index (χ1n) is 12.4. The van der Waals surface area contributed by atoms with Gasteiger partial charge in [0.15, 0.2) is 0 Å². The highest BCUT2D eigenvalue weighted by atomic mass is 16.6. The van der Waals surface area contributed by atoms with Crippen molar-refractivity contribution in [1.29, 1.82) is 0 Å². The van der Waals surface area contributed by atoms with Crippen LogP contribution in [0.2, 0.25) is 0 Å². The highest BCUT2D eigenvalue weighted by Crippen LogP contribution is 2.33. The minimum atomic E-state index is -0.406. The van der Waals surface area contributed by atoms with Gasteiger partial charge in [0.2, 0.25) is 0 Å². The van der Waals surface area contributed by atoms with Crippen molar-refractivity contribution in [1.82, 2.24) is 15.2 Å². The number of carbonyl (C=O) groups is 1. The molecule has 0 saturated carbocycles. The molecule has 3 aromatic rings. The number of benzene rings is 2. The summed E-state index contributed by atoms with van der Waals surface area (Å²) in [6, 6.07) is 16.4. The number of hydrogen-bond acceptors (Lipinski definition) is 5. The van der Waals surface area contributed by atoms with Crippen LogP contribution in [-0.4, -0.2) is 43.2 Å². The molecule has 0 fully saturated rings. The lowest BCUT2D eigenvalue weighted by molar-refractivity contribution is 0.200. The molecular formula is C28H36N4O2. The van der Waals surface area contributed by atoms with Gasteiger partial charge in [-0.25, -0.2) is 4.79 Å². The van der Waals surface area contributed by atoms with E-state index in [0.717, 1.165) is 43.3 Å². The number of anilines is 1. The first kappa shape index (κ1) is 24.0. The van der Waals surface area contributed by atoms with Gasteiger partial charge in [-0.1, -0.05) is 30.3 Å². The lowest BCUT2D eigenvalue weighted by atomic mass is 9.92. The average molecular weight is 461 g/mol. The van der Waals surface area contributed by atoms with E-state index in [9.17, 15) is 4.79 Å². The summed E-state index contributed by atoms with van der Waals surface area (Å²) in [5.41, 5.74) is 6.07. The monoisotopic (exact) mass is 460 g/mol. The second-order valence-electron chi connectivity index (χ2n) is 9.30. The van der Waals surface area contributed by atoms with E-state index in [4.69, 9.17) is 9.72 Å². The van der Waals surface area contributed by atoms with E-state index >= 15 is 0 Å². The first-order chi connectivity index (χ1) is 16.5. The topological polar surface area (TPSA) is 66.5 Å². The Hall–Kier alpha value is -3.12. The van der Waals surface area contributed by atoms with Crippen molar-refractivity contribution in [3.63, 3.8) is 0 Å². The molecule has 0 spiro atoms. The molecule has 0 saturated heterocycles. The predicted octanol–water partition coefficient (Wildman–Crippen LogP) is 5.72. The molecule has 0 aliphatic heterocycles. The predicted molar refractivity (Wildman–Crippen MR) is 139 cm³/mol. The van der Waals surface area contributed by atoms with Gasteiger partial charge < -0.3 is 20.3 Å². The van der Waals surface area contributed by atoms with Crippen LogP contribution in [0.4, 0.5) is 10.5 Å². The summed E-state index contributed by atoms with van der Waals surface area (Å²) >= 11 is 0. The third-order valence-electron chi connectivity index (χ3n) is 6.67. The van der Waals surface area contributed by atoms with E-state index in [1.165, 1.54) is 35.2 Å². The van der Waals surface area contributed by atoms with Crippen LogP contribution in [0.15, 0.2) is 48.5 Å². The summed E-state index contributed by atoms with van der Waals surface area (Å²) in [6.45, 7) is 3.57. The lowest BCUT2D eigenvalue weighted by Crippen LogP contribution is -2.28. The van der Waals surface area contributed by atoms with Crippen LogP contribution in [0.1, 0.15) is 55.5 Å². The van der Waals surface area contributed by atoms with E-state index < -0.39 is 6.09 Å². The number of aryl methyl sites for hydroxylation is 1. The van der Waals surface area contributed by atoms with Gasteiger partial charge in [0.05, 0.1) is 5.52 Å². The van der Waals surface area contributed by atoms with Gasteiger partial charge in [-0.05, 0) is 88.9 Å². The highest BCUT2D eigenvalue weighted by Gasteiger charge is 2.17. The Kier molecular flexibility index (Phi) is 8.01. The molecule has 180 valence electrons. The third-order valence-corrected chi connectivity index (χ3v) is 6.67. The van der Waals surface area contributed by atoms with Crippen LogP contribution < -0.4 is 15.4 Å². The van der Waals surface area contributed by atoms with Gasteiger partial charge in [0, 0.05) is 35.9 Å². The summed E-state index contributed by atoms with van der Waals surface area (Å²) in [7, 11) is 4.07. The van der Waals surface area contributed by atoms with Gasteiger partial charge >= 0.3 is 6.09 Å². The fourth-order valence-corrected chi connectivity index (χ4v) is 4.51. The smallest absolute Gasteiger partial charge is 0.410 e. The zero-order chi connectivity index (χ0) is 23.9. The highest BCUT2D eigenvalue weighted by molar-refractivity contribution is 5.93. The number of para-hydroxylation sites is 1. The zero-order valence-electron chi connectivity index (χ0n) is 20.6. The summed E-state index contributed by atoms with van der Waals surface area (Å²) in [5, 5.41) is 7.76. The summed E-state index contributed by atoms with van der Waals surface area (Å²) in [5.74, 6) is 0.569. The molecule has 2 N–H and O–H groups in total. The molecule has 4 rings (SSSR count). The molecule has 1 aliphatic carbocycles. The molecule has 1 atom stereocenters. The van der Waals surface area contributed by atoms with Crippen molar-refractivity contribution in [2.45, 2.75) is 51.5 Å². The molecule has 2 aromatic carbocycles. The largest absolute Gasteiger partial charge is 0.412 e. The summed E-state index contributed by atoms with van der Waals surface area (Å²) < 4.78 is 5.48. The number of nitrogens with zero attached hydrogens (tertiary/aromatic N) is 2. The quantitative estimate of drug-likeness (QED) is 0.400. The molecule has 1 heterocycles. The fourth-order valence-electron chi connectivity index (χ4n) is 4.51. The maximum Gasteiger partial charge on any atom is 0.412 e. The number of aromatic nitrogens is 1. The van der Waals surface area contributed by atoms with Crippen molar-refractivity contribution in [2.24, 2.45) is 0 Å². The number of carbonyl (C=O) groups excluding carboxylic acids is 1. The van der Waals surface area contributed by atoms with Crippen molar-refractivity contribution in [3.05, 3.63) is 65.4 Å². The molecule has 0 radical (unpaired) electrons. The van der Waals surface area contributed by atoms with Crippen molar-refractivity contribution in [2.75, 3.05) is 32.5 Å². The molecule has 34 heavy (non-hydrogen) atoms. The Morgan fingerprint density at radius 2 is 1.85 bits per heavy atom. The second kappa shape index (κ2) is 11.3. The van der Waals surface area contributed by atoms with Crippen LogP contribution in [0.5, 0.6) is 5.75 Å². The first-order valence-corrected chi connectivity index (χ1v) is 12.4. The van der Waals surface area contributed by atoms with E-state index in [1.807, 2.05) is 38.4 Å². The summed E-state index contributed by atoms with van der Waals surface area (Å²) in [4.78, 5) is 19.3. The molecule has 0 bridgehead atoms. The Labute approximate surface area is 202 Å². The number of nitrogens with one attached hydrogen (secondary N) is 2. The maximum atomic E-state index is 12.2. The molecule has 6 nitrogen and oxygen atoms in total. The molecule has 1 amide bonds. The maximum absolute atomic E-state index is 12.2. The number of ether oxygens (including phenoxy) is 1. The van der Waals surface area contributed by atoms with Gasteiger partial charge in [-0.3, -0.25) is 4.98 Å². The number of amides is 1. The Bertz CT molecular complexity index is 1130. The molecule has 0 unspecified atom stereocenters. The molecule has 1 aromatic heterocycles. The molecular weight excluding hydrogens is 424 g/mol. The van der Waals surface area contributed by atoms with Crippen LogP contribution in [-0.2, 0) is 12.8 Å². The summed E-state index contributed by atoms with van der Waals surface area (Å²) in [6.07, 6.45) is 6.04. The number of pyridine rings is 1. The number of rotatable bonds is 9. The van der Waals surface area contributed by atoms with Crippen molar-refractivity contribution in [3.8, 4) is 5.75 Å². The minimum Gasteiger partial charge on any atom is -0.410 e. The van der Waals surface area contributed by atoms with E-state index in [-0.39, 0.29) is 6.04 Å². The standard InChI is InChI=1S/C28H36N4O2/c1-20(32(2)3)21-11-10-12-22(19-21)34-28(33)30-18-9-8-17-29-27-23-13-4-6-15-25(23)31-26-16-7-5-14-24(26)27/h4,6,10-13,15,19-20H,5,7-9,14,16-18H2,1-3H3,(H,29,31)(H,30,33)/t20-/m0/s1. The Balaban J connectivity index is 1.24. The molecule has 1 aliphatic rings. The third kappa shape index (κ3) is 5.86. The van der Waals surface area contributed by atoms with Gasteiger partial charge in [0.1, 0.15) is 5.75 Å². The SMILES string of the molecule is C[C@@H](c1cccc(OC(=O)NCCCCNc2c3c(nc4ccccc24)CCCC3)c1)N(C)C. The molecule has 6 heteroatoms. The van der Waals surface area contributed by atoms with E-state index in [1.54, 1.807) is 0 Å². The van der Waals surface area contributed by atoms with Gasteiger partial charge in [-0.2, -0.15) is 0 Å². The normalized spacial score (nSPS) is 14.0. The Morgan fingerprint density at radius 3 is 2.71 bits per heavy atom. The van der Waals surface area contributed by atoms with Crippen molar-refractivity contribution < 1.29 is 9.53 Å². The van der Waals surface area contributed by atoms with Crippen LogP contribution >= 0.6 is 0 Å². The number of fused-ring (bicyclic) bond motifs is 2. The second-order valence-corrected chi connectivity index (χ2v) is 9.30. The fraction of sp³-hybridized carbons (Fsp3) is 0.429. The lowest BCUT2D eigenvalue weighted by Gasteiger charge is -2.21. The van der Waals surface area contributed by atoms with Crippen LogP contribution in [0.3, 0.4) is 0 Å².